The molecule has 0 aromatic rings. The number of rotatable bonds is 24. The van der Waals surface area contributed by atoms with Crippen LogP contribution in [-0.2, 0) is 28.4 Å². The second-order valence-electron chi connectivity index (χ2n) is 34.1. The molecule has 34 atom stereocenters. The van der Waals surface area contributed by atoms with Crippen molar-refractivity contribution in [1.29, 1.82) is 0 Å². The van der Waals surface area contributed by atoms with Gasteiger partial charge in [0, 0.05) is 75.1 Å². The van der Waals surface area contributed by atoms with E-state index in [0.717, 1.165) is 129 Å². The minimum absolute atomic E-state index is 0.0000361. The molecule has 0 aromatic carbocycles. The van der Waals surface area contributed by atoms with E-state index in [1.165, 1.54) is 116 Å². The topological polar surface area (TPSA) is 152 Å². The molecule has 526 valence electrons. The summed E-state index contributed by atoms with van der Waals surface area (Å²) in [6, 6.07) is 0. The smallest absolute Gasteiger partial charge is 0.0667 e. The lowest BCUT2D eigenvalue weighted by molar-refractivity contribution is -0.186. The van der Waals surface area contributed by atoms with Crippen LogP contribution in [0.15, 0.2) is 0 Å². The van der Waals surface area contributed by atoms with E-state index in [1.54, 1.807) is 0 Å². The van der Waals surface area contributed by atoms with E-state index in [4.69, 9.17) is 49.7 Å². The van der Waals surface area contributed by atoms with E-state index in [9.17, 15) is 0 Å². The normalized spacial score (nSPS) is 50.1. The molecular weight excluding hydrogens is 1140 g/mol. The number of hydrogen-bond donors (Lipinski definition) is 8. The summed E-state index contributed by atoms with van der Waals surface area (Å²) >= 11 is 0. The minimum atomic E-state index is -0.0000361. The van der Waals surface area contributed by atoms with E-state index in [-0.39, 0.29) is 110 Å². The Bertz CT molecular complexity index is 2120. The average molecular weight is 1280 g/mol. The van der Waals surface area contributed by atoms with Crippen LogP contribution in [0.4, 0.5) is 0 Å². The Labute approximate surface area is 560 Å². The summed E-state index contributed by atoms with van der Waals surface area (Å²) in [4.78, 5) is 0. The van der Waals surface area contributed by atoms with Crippen molar-refractivity contribution in [3.05, 3.63) is 0 Å². The third kappa shape index (κ3) is 13.3. The highest BCUT2D eigenvalue weighted by atomic mass is 16.5. The third-order valence-corrected chi connectivity index (χ3v) is 29.3. The molecule has 92 heavy (non-hydrogen) atoms. The summed E-state index contributed by atoms with van der Waals surface area (Å²) < 4.78 is 46.2. The van der Waals surface area contributed by atoms with Gasteiger partial charge in [0.1, 0.15) is 0 Å². The first kappa shape index (κ1) is 68.6. The zero-order chi connectivity index (χ0) is 63.0. The van der Waals surface area contributed by atoms with Crippen molar-refractivity contribution < 1.29 is 28.4 Å². The maximum Gasteiger partial charge on any atom is 0.0667 e. The standard InChI is InChI=1S/C78H138N8O6/c1-9-15-37-87-65-51-33-25-23-31-49(51)45(7)57-59(65)73-79-71(57)81-75-61-62(68(90-40-18-12-4)54-36-28-27-35-53(54)67(61)89-39-17-11-3)76(85-75)82-72-58-46(8)50-32-24-26-34-52(50)66(88-38-16-10-2)60(58)74(80-72)84-78-64-63(77(83-73)86-78)69(91-41-19-13-5)55-43-47-29-21-22-30-48(47)44-56(55)70(64)92-42-20-14-6/h45-86H,9-44H2,1-8H3. The van der Waals surface area contributed by atoms with Crippen molar-refractivity contribution >= 4 is 0 Å². The van der Waals surface area contributed by atoms with Crippen LogP contribution in [0.3, 0.4) is 0 Å². The van der Waals surface area contributed by atoms with Gasteiger partial charge in [0.25, 0.3) is 0 Å². The molecule has 14 aliphatic rings. The molecule has 9 saturated carbocycles. The Morgan fingerprint density at radius 2 is 0.435 bits per heavy atom. The quantitative estimate of drug-likeness (QED) is 0.0433. The van der Waals surface area contributed by atoms with Crippen molar-refractivity contribution in [1.82, 2.24) is 42.5 Å². The molecule has 8 N–H and O–H groups in total. The molecule has 0 spiro atoms. The molecule has 9 aliphatic carbocycles. The molecule has 0 radical (unpaired) electrons. The number of nitrogens with one attached hydrogen (secondary N) is 8. The highest BCUT2D eigenvalue weighted by Crippen LogP contribution is 2.61. The first-order valence-electron chi connectivity index (χ1n) is 41.1. The van der Waals surface area contributed by atoms with Crippen molar-refractivity contribution in [3.8, 4) is 0 Å². The number of unbranched alkanes of at least 4 members (excludes halogenated alkanes) is 6. The molecule has 5 aliphatic heterocycles. The number of hydrogen-bond acceptors (Lipinski definition) is 14. The molecule has 34 unspecified atom stereocenters. The lowest BCUT2D eigenvalue weighted by Crippen LogP contribution is -2.64. The second kappa shape index (κ2) is 31.5. The van der Waals surface area contributed by atoms with Crippen LogP contribution >= 0.6 is 0 Å². The molecule has 8 bridgehead atoms. The SMILES string of the molecule is CCCCOC1C2CCCCC2C(C)C2C3NC(NC4NC(NC5NC(NC6NC(N3)C3C(OCCCC)C7CCCCC7C(OCCCC)C63)C3C(C)C6CCCCC6C(OCCCC)C53)C3C(OCCCC)C5CC6CCCCC6CC5C(OCCCC)C43)C12. The van der Waals surface area contributed by atoms with Crippen LogP contribution in [0.25, 0.3) is 0 Å². The Balaban J connectivity index is 0.933. The summed E-state index contributed by atoms with van der Waals surface area (Å²) in [5.74, 6) is 9.33. The van der Waals surface area contributed by atoms with Crippen molar-refractivity contribution in [3.63, 3.8) is 0 Å². The monoisotopic (exact) mass is 1280 g/mol. The van der Waals surface area contributed by atoms with E-state index in [1.807, 2.05) is 0 Å². The molecule has 5 heterocycles. The van der Waals surface area contributed by atoms with E-state index < -0.39 is 0 Å². The summed E-state index contributed by atoms with van der Waals surface area (Å²) in [6.07, 6.45) is 38.6. The van der Waals surface area contributed by atoms with Gasteiger partial charge in [0.05, 0.1) is 86.0 Å². The van der Waals surface area contributed by atoms with Crippen molar-refractivity contribution in [2.45, 2.75) is 334 Å². The Kier molecular flexibility index (Phi) is 23.5. The van der Waals surface area contributed by atoms with Gasteiger partial charge in [-0.3, -0.25) is 42.5 Å². The summed E-state index contributed by atoms with van der Waals surface area (Å²) in [5.41, 5.74) is 0. The van der Waals surface area contributed by atoms with E-state index >= 15 is 0 Å². The van der Waals surface area contributed by atoms with Gasteiger partial charge in [0.15, 0.2) is 0 Å². The zero-order valence-corrected chi connectivity index (χ0v) is 59.5. The van der Waals surface area contributed by atoms with Gasteiger partial charge in [-0.1, -0.05) is 158 Å². The first-order valence-corrected chi connectivity index (χ1v) is 41.1. The molecule has 14 nitrogen and oxygen atoms in total. The molecule has 14 fully saturated rings. The first-order chi connectivity index (χ1) is 45.3. The van der Waals surface area contributed by atoms with Crippen LogP contribution in [-0.4, -0.2) is 126 Å². The molecule has 14 heteroatoms. The predicted molar refractivity (Wildman–Crippen MR) is 368 cm³/mol. The van der Waals surface area contributed by atoms with Crippen LogP contribution in [0.2, 0.25) is 0 Å². The molecule has 5 saturated heterocycles. The molecular formula is C78H138N8O6. The summed E-state index contributed by atoms with van der Waals surface area (Å²) in [7, 11) is 0. The third-order valence-electron chi connectivity index (χ3n) is 29.3. The zero-order valence-electron chi connectivity index (χ0n) is 59.5. The Hall–Kier alpha value is -0.560. The fourth-order valence-corrected chi connectivity index (χ4v) is 25.3. The van der Waals surface area contributed by atoms with Gasteiger partial charge in [0.2, 0.25) is 0 Å². The molecule has 0 amide bonds. The van der Waals surface area contributed by atoms with Gasteiger partial charge in [-0.25, -0.2) is 0 Å². The fraction of sp³-hybridized carbons (Fsp3) is 1.00. The van der Waals surface area contributed by atoms with Crippen LogP contribution in [0, 0.1) is 118 Å². The summed E-state index contributed by atoms with van der Waals surface area (Å²) in [6.45, 7) is 24.6. The number of fused-ring (bicyclic) bond motifs is 25. The van der Waals surface area contributed by atoms with Crippen LogP contribution in [0.1, 0.15) is 248 Å². The Morgan fingerprint density at radius 1 is 0.239 bits per heavy atom. The second-order valence-corrected chi connectivity index (χ2v) is 34.1. The lowest BCUT2D eigenvalue weighted by Gasteiger charge is -2.56. The van der Waals surface area contributed by atoms with E-state index in [0.29, 0.717) is 82.9 Å². The fourth-order valence-electron chi connectivity index (χ4n) is 25.3. The van der Waals surface area contributed by atoms with Crippen LogP contribution < -0.4 is 42.5 Å². The van der Waals surface area contributed by atoms with Gasteiger partial charge < -0.3 is 28.4 Å². The van der Waals surface area contributed by atoms with E-state index in [2.05, 4.69) is 76.7 Å². The predicted octanol–water partition coefficient (Wildman–Crippen LogP) is 13.0. The summed E-state index contributed by atoms with van der Waals surface area (Å²) in [5, 5.41) is 37.7. The van der Waals surface area contributed by atoms with Gasteiger partial charge >= 0.3 is 0 Å². The molecule has 0 aromatic heterocycles. The lowest BCUT2D eigenvalue weighted by atomic mass is 9.54. The Morgan fingerprint density at radius 3 is 0.685 bits per heavy atom. The maximum atomic E-state index is 7.80. The highest BCUT2D eigenvalue weighted by Gasteiger charge is 2.68. The minimum Gasteiger partial charge on any atom is -0.378 e. The van der Waals surface area contributed by atoms with Gasteiger partial charge in [-0.05, 0) is 173 Å². The van der Waals surface area contributed by atoms with Crippen molar-refractivity contribution in [2.24, 2.45) is 118 Å². The highest BCUT2D eigenvalue weighted by molar-refractivity contribution is 5.19. The van der Waals surface area contributed by atoms with Gasteiger partial charge in [-0.15, -0.1) is 0 Å². The average Bonchev–Trinajstić information content (AvgIpc) is 1.53. The van der Waals surface area contributed by atoms with Crippen molar-refractivity contribution in [2.75, 3.05) is 39.6 Å². The van der Waals surface area contributed by atoms with Gasteiger partial charge in [-0.2, -0.15) is 0 Å². The van der Waals surface area contributed by atoms with Crippen LogP contribution in [0.5, 0.6) is 0 Å². The largest absolute Gasteiger partial charge is 0.378 e. The molecule has 14 rings (SSSR count). The number of ether oxygens (including phenoxy) is 6. The maximum absolute atomic E-state index is 7.80.